The fourth-order valence-corrected chi connectivity index (χ4v) is 4.29. The predicted octanol–water partition coefficient (Wildman–Crippen LogP) is 3.81. The van der Waals surface area contributed by atoms with Crippen molar-refractivity contribution in [3.63, 3.8) is 0 Å². The van der Waals surface area contributed by atoms with E-state index in [2.05, 4.69) is 42.5 Å². The first-order valence-corrected chi connectivity index (χ1v) is 9.83. The Morgan fingerprint density at radius 2 is 1.81 bits per heavy atom. The first-order chi connectivity index (χ1) is 12.7. The maximum absolute atomic E-state index is 12.4. The molecule has 1 aliphatic carbocycles. The Morgan fingerprint density at radius 3 is 2.62 bits per heavy atom. The minimum absolute atomic E-state index is 0.253. The van der Waals surface area contributed by atoms with Gasteiger partial charge in [0.05, 0.1) is 0 Å². The highest BCUT2D eigenvalue weighted by Crippen LogP contribution is 2.37. The van der Waals surface area contributed by atoms with Gasteiger partial charge in [0.1, 0.15) is 0 Å². The van der Waals surface area contributed by atoms with E-state index in [1.807, 2.05) is 4.90 Å². The molecule has 1 fully saturated rings. The van der Waals surface area contributed by atoms with E-state index in [9.17, 15) is 9.90 Å². The third-order valence-electron chi connectivity index (χ3n) is 5.94. The smallest absolute Gasteiger partial charge is 0.222 e. The molecule has 2 aromatic rings. The highest BCUT2D eigenvalue weighted by molar-refractivity contribution is 5.77. The molecule has 1 heterocycles. The van der Waals surface area contributed by atoms with Crippen LogP contribution in [0.15, 0.2) is 42.5 Å². The summed E-state index contributed by atoms with van der Waals surface area (Å²) in [6.45, 7) is 1.86. The monoisotopic (exact) mass is 349 g/mol. The number of piperidine rings is 1. The van der Waals surface area contributed by atoms with Crippen molar-refractivity contribution in [3.8, 4) is 11.1 Å². The number of likely N-dealkylation sites (tertiary alicyclic amines) is 1. The summed E-state index contributed by atoms with van der Waals surface area (Å²) in [5.41, 5.74) is 6.90. The van der Waals surface area contributed by atoms with Gasteiger partial charge in [-0.2, -0.15) is 0 Å². The number of hydrogen-bond donors (Lipinski definition) is 1. The van der Waals surface area contributed by atoms with Gasteiger partial charge in [-0.05, 0) is 65.8 Å². The molecule has 0 bridgehead atoms. The van der Waals surface area contributed by atoms with Crippen molar-refractivity contribution in [2.45, 2.75) is 38.5 Å². The molecular formula is C23H27NO2. The second-order valence-corrected chi connectivity index (χ2v) is 7.69. The van der Waals surface area contributed by atoms with Gasteiger partial charge in [0.2, 0.25) is 5.91 Å². The van der Waals surface area contributed by atoms with Crippen molar-refractivity contribution >= 4 is 5.91 Å². The maximum atomic E-state index is 12.4. The average Bonchev–Trinajstić information content (AvgIpc) is 3.06. The van der Waals surface area contributed by atoms with Gasteiger partial charge in [0.15, 0.2) is 0 Å². The Bertz CT molecular complexity index is 791. The quantitative estimate of drug-likeness (QED) is 0.761. The lowest BCUT2D eigenvalue weighted by Crippen LogP contribution is -2.39. The molecule has 2 aliphatic rings. The molecule has 1 saturated heterocycles. The van der Waals surface area contributed by atoms with Crippen LogP contribution in [-0.4, -0.2) is 35.6 Å². The number of carbonyl (C=O) groups is 1. The van der Waals surface area contributed by atoms with E-state index >= 15 is 0 Å². The molecule has 3 nitrogen and oxygen atoms in total. The highest BCUT2D eigenvalue weighted by atomic mass is 16.3. The van der Waals surface area contributed by atoms with Crippen LogP contribution in [0.25, 0.3) is 11.1 Å². The molecule has 1 N–H and O–H groups in total. The number of aliphatic hydroxyl groups is 1. The van der Waals surface area contributed by atoms with Crippen LogP contribution in [0.3, 0.4) is 0 Å². The van der Waals surface area contributed by atoms with Crippen molar-refractivity contribution in [1.82, 2.24) is 4.90 Å². The van der Waals surface area contributed by atoms with Crippen LogP contribution in [0.4, 0.5) is 0 Å². The summed E-state index contributed by atoms with van der Waals surface area (Å²) < 4.78 is 0. The molecule has 2 aromatic carbocycles. The van der Waals surface area contributed by atoms with Crippen LogP contribution in [0, 0.1) is 5.92 Å². The SMILES string of the molecule is O=C(CCCc1ccc2c(c1)-c1ccccc1C2)N1CCC(CO)CC1. The van der Waals surface area contributed by atoms with E-state index in [0.717, 1.165) is 45.2 Å². The molecule has 0 aromatic heterocycles. The predicted molar refractivity (Wildman–Crippen MR) is 104 cm³/mol. The van der Waals surface area contributed by atoms with Crippen LogP contribution in [0.5, 0.6) is 0 Å². The molecule has 0 saturated carbocycles. The number of carbonyl (C=O) groups excluding carboxylic acids is 1. The fraction of sp³-hybridized carbons (Fsp3) is 0.435. The number of benzene rings is 2. The third kappa shape index (κ3) is 3.54. The van der Waals surface area contributed by atoms with Crippen LogP contribution in [-0.2, 0) is 17.6 Å². The van der Waals surface area contributed by atoms with Gasteiger partial charge < -0.3 is 10.0 Å². The first kappa shape index (κ1) is 17.3. The molecule has 26 heavy (non-hydrogen) atoms. The zero-order valence-electron chi connectivity index (χ0n) is 15.3. The van der Waals surface area contributed by atoms with Gasteiger partial charge in [-0.3, -0.25) is 4.79 Å². The molecule has 0 radical (unpaired) electrons. The minimum atomic E-state index is 0.253. The zero-order chi connectivity index (χ0) is 17.9. The molecule has 0 spiro atoms. The van der Waals surface area contributed by atoms with Gasteiger partial charge in [-0.1, -0.05) is 42.5 Å². The minimum Gasteiger partial charge on any atom is -0.396 e. The Balaban J connectivity index is 1.32. The normalized spacial score (nSPS) is 16.4. The van der Waals surface area contributed by atoms with Crippen molar-refractivity contribution in [2.24, 2.45) is 5.92 Å². The van der Waals surface area contributed by atoms with Gasteiger partial charge in [-0.15, -0.1) is 0 Å². The van der Waals surface area contributed by atoms with Crippen LogP contribution >= 0.6 is 0 Å². The van der Waals surface area contributed by atoms with Crippen molar-refractivity contribution < 1.29 is 9.90 Å². The molecule has 0 atom stereocenters. The maximum Gasteiger partial charge on any atom is 0.222 e. The number of nitrogens with zero attached hydrogens (tertiary/aromatic N) is 1. The first-order valence-electron chi connectivity index (χ1n) is 9.83. The Kier molecular flexibility index (Phi) is 5.07. The van der Waals surface area contributed by atoms with Crippen molar-refractivity contribution in [3.05, 3.63) is 59.2 Å². The second kappa shape index (κ2) is 7.63. The van der Waals surface area contributed by atoms with E-state index in [-0.39, 0.29) is 12.5 Å². The second-order valence-electron chi connectivity index (χ2n) is 7.69. The van der Waals surface area contributed by atoms with Gasteiger partial charge in [0.25, 0.3) is 0 Å². The summed E-state index contributed by atoms with van der Waals surface area (Å²) in [5.74, 6) is 0.654. The lowest BCUT2D eigenvalue weighted by molar-refractivity contribution is -0.132. The topological polar surface area (TPSA) is 40.5 Å². The number of fused-ring (bicyclic) bond motifs is 3. The van der Waals surface area contributed by atoms with E-state index in [1.165, 1.54) is 27.8 Å². The Hall–Kier alpha value is -2.13. The number of hydrogen-bond acceptors (Lipinski definition) is 2. The number of amides is 1. The molecule has 4 rings (SSSR count). The summed E-state index contributed by atoms with van der Waals surface area (Å²) in [7, 11) is 0. The lowest BCUT2D eigenvalue weighted by Gasteiger charge is -2.31. The standard InChI is InChI=1S/C23H27NO2/c25-16-18-10-12-24(13-11-18)23(26)7-3-4-17-8-9-20-15-19-5-1-2-6-21(19)22(20)14-17/h1-2,5-6,8-9,14,18,25H,3-4,7,10-13,15-16H2. The number of aliphatic hydroxyl groups excluding tert-OH is 1. The highest BCUT2D eigenvalue weighted by Gasteiger charge is 2.22. The Morgan fingerprint density at radius 1 is 1.04 bits per heavy atom. The van der Waals surface area contributed by atoms with Crippen molar-refractivity contribution in [1.29, 1.82) is 0 Å². The van der Waals surface area contributed by atoms with Gasteiger partial charge >= 0.3 is 0 Å². The summed E-state index contributed by atoms with van der Waals surface area (Å²) in [5, 5.41) is 9.21. The lowest BCUT2D eigenvalue weighted by atomic mass is 9.97. The molecule has 136 valence electrons. The molecule has 1 aliphatic heterocycles. The summed E-state index contributed by atoms with van der Waals surface area (Å²) in [4.78, 5) is 14.4. The summed E-state index contributed by atoms with van der Waals surface area (Å²) in [6.07, 6.45) is 5.39. The third-order valence-corrected chi connectivity index (χ3v) is 5.94. The van der Waals surface area contributed by atoms with E-state index < -0.39 is 0 Å². The largest absolute Gasteiger partial charge is 0.396 e. The van der Waals surface area contributed by atoms with Crippen LogP contribution in [0.2, 0.25) is 0 Å². The zero-order valence-corrected chi connectivity index (χ0v) is 15.3. The fourth-order valence-electron chi connectivity index (χ4n) is 4.29. The molecular weight excluding hydrogens is 322 g/mol. The Labute approximate surface area is 155 Å². The van der Waals surface area contributed by atoms with Crippen molar-refractivity contribution in [2.75, 3.05) is 19.7 Å². The van der Waals surface area contributed by atoms with Crippen LogP contribution in [0.1, 0.15) is 42.4 Å². The van der Waals surface area contributed by atoms with E-state index in [1.54, 1.807) is 0 Å². The van der Waals surface area contributed by atoms with Crippen LogP contribution < -0.4 is 0 Å². The molecule has 3 heteroatoms. The average molecular weight is 349 g/mol. The molecule has 0 unspecified atom stereocenters. The van der Waals surface area contributed by atoms with E-state index in [4.69, 9.17) is 0 Å². The molecule has 1 amide bonds. The number of aryl methyl sites for hydroxylation is 1. The van der Waals surface area contributed by atoms with Gasteiger partial charge in [0, 0.05) is 26.1 Å². The van der Waals surface area contributed by atoms with Gasteiger partial charge in [-0.25, -0.2) is 0 Å². The summed E-state index contributed by atoms with van der Waals surface area (Å²) >= 11 is 0. The number of rotatable bonds is 5. The van der Waals surface area contributed by atoms with E-state index in [0.29, 0.717) is 12.3 Å². The summed E-state index contributed by atoms with van der Waals surface area (Å²) in [6, 6.07) is 15.4.